The smallest absolute Gasteiger partial charge is 0.342 e. The topological polar surface area (TPSA) is 80.7 Å². The van der Waals surface area contributed by atoms with Gasteiger partial charge < -0.3 is 9.84 Å². The lowest BCUT2D eigenvalue weighted by molar-refractivity contribution is -0.155. The number of carbonyl (C=O) groups excluding carboxylic acids is 3. The highest BCUT2D eigenvalue weighted by atomic mass is 16.5. The van der Waals surface area contributed by atoms with Gasteiger partial charge in [-0.3, -0.25) is 9.59 Å². The van der Waals surface area contributed by atoms with Crippen molar-refractivity contribution in [2.24, 2.45) is 17.3 Å². The standard InChI is InChI=1S/C23H38O5/c1-5-6-15-23(2,3)16-9-10-17-13-14-19(24)18(17)11-7-8-12-20(25)21(26)22(27)28-4/h9-10,17-18,21,26H,5-8,11-16H2,1-4H3/t17-,18+,21?/m0/s1. The molecule has 0 aliphatic heterocycles. The number of ether oxygens (including phenoxy) is 1. The molecule has 1 rings (SSSR count). The summed E-state index contributed by atoms with van der Waals surface area (Å²) in [5, 5.41) is 9.51. The molecule has 0 heterocycles. The summed E-state index contributed by atoms with van der Waals surface area (Å²) >= 11 is 0. The van der Waals surface area contributed by atoms with E-state index in [2.05, 4.69) is 37.7 Å². The molecule has 0 spiro atoms. The molecule has 1 aliphatic carbocycles. The van der Waals surface area contributed by atoms with Crippen LogP contribution in [0.2, 0.25) is 0 Å². The number of carbonyl (C=O) groups is 3. The summed E-state index contributed by atoms with van der Waals surface area (Å²) in [7, 11) is 1.14. The first-order chi connectivity index (χ1) is 13.2. The normalized spacial score (nSPS) is 21.2. The first-order valence-corrected chi connectivity index (χ1v) is 10.7. The number of unbranched alkanes of at least 4 members (excludes halogenated alkanes) is 2. The van der Waals surface area contributed by atoms with Crippen LogP contribution >= 0.6 is 0 Å². The van der Waals surface area contributed by atoms with Crippen LogP contribution in [0, 0.1) is 17.3 Å². The van der Waals surface area contributed by atoms with Crippen molar-refractivity contribution >= 4 is 17.5 Å². The highest BCUT2D eigenvalue weighted by molar-refractivity contribution is 6.01. The van der Waals surface area contributed by atoms with Crippen LogP contribution in [0.15, 0.2) is 12.2 Å². The van der Waals surface area contributed by atoms with E-state index in [-0.39, 0.29) is 12.3 Å². The van der Waals surface area contributed by atoms with Gasteiger partial charge >= 0.3 is 5.97 Å². The first-order valence-electron chi connectivity index (χ1n) is 10.7. The molecule has 5 heteroatoms. The van der Waals surface area contributed by atoms with E-state index in [9.17, 15) is 19.5 Å². The number of allylic oxidation sites excluding steroid dienone is 2. The molecule has 0 amide bonds. The van der Waals surface area contributed by atoms with Crippen molar-refractivity contribution in [3.8, 4) is 0 Å². The Hall–Kier alpha value is -1.49. The number of Topliss-reactive ketones (excluding diaryl/α,β-unsaturated/α-hetero) is 2. The Balaban J connectivity index is 2.42. The van der Waals surface area contributed by atoms with Gasteiger partial charge in [0.15, 0.2) is 5.78 Å². The molecule has 0 radical (unpaired) electrons. The van der Waals surface area contributed by atoms with Crippen LogP contribution in [0.25, 0.3) is 0 Å². The van der Waals surface area contributed by atoms with Crippen LogP contribution in [0.3, 0.4) is 0 Å². The Morgan fingerprint density at radius 3 is 2.64 bits per heavy atom. The minimum Gasteiger partial charge on any atom is -0.467 e. The molecule has 1 unspecified atom stereocenters. The van der Waals surface area contributed by atoms with E-state index in [1.165, 1.54) is 19.3 Å². The van der Waals surface area contributed by atoms with E-state index >= 15 is 0 Å². The maximum Gasteiger partial charge on any atom is 0.342 e. The molecule has 1 fully saturated rings. The molecule has 28 heavy (non-hydrogen) atoms. The Bertz CT molecular complexity index is 549. The van der Waals surface area contributed by atoms with Crippen molar-refractivity contribution < 1.29 is 24.2 Å². The summed E-state index contributed by atoms with van der Waals surface area (Å²) in [5.74, 6) is -0.777. The number of hydrogen-bond acceptors (Lipinski definition) is 5. The minimum atomic E-state index is -1.69. The van der Waals surface area contributed by atoms with E-state index in [0.717, 1.165) is 32.8 Å². The van der Waals surface area contributed by atoms with Gasteiger partial charge in [0.1, 0.15) is 5.78 Å². The van der Waals surface area contributed by atoms with E-state index in [4.69, 9.17) is 0 Å². The van der Waals surface area contributed by atoms with Crippen LogP contribution in [0.1, 0.15) is 85.0 Å². The maximum absolute atomic E-state index is 12.2. The van der Waals surface area contributed by atoms with Gasteiger partial charge in [-0.1, -0.05) is 52.2 Å². The summed E-state index contributed by atoms with van der Waals surface area (Å²) in [6, 6.07) is 0. The van der Waals surface area contributed by atoms with Crippen LogP contribution in [-0.2, 0) is 19.1 Å². The van der Waals surface area contributed by atoms with Crippen molar-refractivity contribution in [1.29, 1.82) is 0 Å². The third-order valence-corrected chi connectivity index (χ3v) is 5.83. The van der Waals surface area contributed by atoms with E-state index < -0.39 is 17.9 Å². The molecule has 3 atom stereocenters. The average Bonchev–Trinajstić information content (AvgIpc) is 3.01. The highest BCUT2D eigenvalue weighted by Crippen LogP contribution is 2.35. The molecular formula is C23H38O5. The fourth-order valence-electron chi connectivity index (χ4n) is 3.90. The third-order valence-electron chi connectivity index (χ3n) is 5.83. The molecule has 1 saturated carbocycles. The van der Waals surface area contributed by atoms with Crippen LogP contribution in [0.5, 0.6) is 0 Å². The second kappa shape index (κ2) is 12.2. The molecule has 1 N–H and O–H groups in total. The molecule has 0 aromatic heterocycles. The fourth-order valence-corrected chi connectivity index (χ4v) is 3.90. The number of esters is 1. The number of rotatable bonds is 13. The third kappa shape index (κ3) is 8.26. The zero-order valence-corrected chi connectivity index (χ0v) is 18.0. The average molecular weight is 395 g/mol. The van der Waals surface area contributed by atoms with Gasteiger partial charge in [0, 0.05) is 18.8 Å². The van der Waals surface area contributed by atoms with E-state index in [1.807, 2.05) is 0 Å². The van der Waals surface area contributed by atoms with Crippen molar-refractivity contribution in [3.05, 3.63) is 12.2 Å². The fraction of sp³-hybridized carbons (Fsp3) is 0.783. The SMILES string of the molecule is CCCCC(C)(C)CC=C[C@H]1CCC(=O)[C@@H]1CCCCC(=O)C(O)C(=O)OC. The largest absolute Gasteiger partial charge is 0.467 e. The molecule has 5 nitrogen and oxygen atoms in total. The van der Waals surface area contributed by atoms with Gasteiger partial charge in [0.2, 0.25) is 6.10 Å². The quantitative estimate of drug-likeness (QED) is 0.217. The number of aliphatic hydroxyl groups is 1. The number of hydrogen-bond donors (Lipinski definition) is 1. The summed E-state index contributed by atoms with van der Waals surface area (Å²) in [4.78, 5) is 35.2. The summed E-state index contributed by atoms with van der Waals surface area (Å²) in [6.45, 7) is 6.80. The summed E-state index contributed by atoms with van der Waals surface area (Å²) in [5.41, 5.74) is 0.297. The van der Waals surface area contributed by atoms with Crippen LogP contribution < -0.4 is 0 Å². The highest BCUT2D eigenvalue weighted by Gasteiger charge is 2.32. The molecule has 0 aromatic carbocycles. The molecule has 160 valence electrons. The lowest BCUT2D eigenvalue weighted by Crippen LogP contribution is -2.30. The maximum atomic E-state index is 12.2. The molecule has 0 saturated heterocycles. The number of ketones is 2. The zero-order valence-electron chi connectivity index (χ0n) is 18.0. The van der Waals surface area contributed by atoms with Gasteiger partial charge in [0.05, 0.1) is 7.11 Å². The Morgan fingerprint density at radius 2 is 2.00 bits per heavy atom. The van der Waals surface area contributed by atoms with Gasteiger partial charge in [-0.2, -0.15) is 0 Å². The Morgan fingerprint density at radius 1 is 1.29 bits per heavy atom. The van der Waals surface area contributed by atoms with Gasteiger partial charge in [-0.25, -0.2) is 4.79 Å². The second-order valence-electron chi connectivity index (χ2n) is 8.81. The van der Waals surface area contributed by atoms with Crippen molar-refractivity contribution in [3.63, 3.8) is 0 Å². The molecule has 1 aliphatic rings. The number of aliphatic hydroxyl groups excluding tert-OH is 1. The van der Waals surface area contributed by atoms with Gasteiger partial charge in [-0.05, 0) is 43.4 Å². The van der Waals surface area contributed by atoms with Crippen LogP contribution in [0.4, 0.5) is 0 Å². The van der Waals surface area contributed by atoms with Gasteiger partial charge in [0.25, 0.3) is 0 Å². The predicted molar refractivity (Wildman–Crippen MR) is 110 cm³/mol. The summed E-state index contributed by atoms with van der Waals surface area (Å²) < 4.78 is 4.37. The van der Waals surface area contributed by atoms with Crippen LogP contribution in [-0.4, -0.2) is 35.9 Å². The van der Waals surface area contributed by atoms with Crippen molar-refractivity contribution in [1.82, 2.24) is 0 Å². The molecule has 0 bridgehead atoms. The molecular weight excluding hydrogens is 356 g/mol. The Kier molecular flexibility index (Phi) is 10.7. The zero-order chi connectivity index (χ0) is 21.2. The lowest BCUT2D eigenvalue weighted by atomic mass is 9.83. The monoisotopic (exact) mass is 394 g/mol. The predicted octanol–water partition coefficient (Wildman–Crippen LogP) is 4.41. The lowest BCUT2D eigenvalue weighted by Gasteiger charge is -2.23. The van der Waals surface area contributed by atoms with Gasteiger partial charge in [-0.15, -0.1) is 0 Å². The first kappa shape index (κ1) is 24.5. The summed E-state index contributed by atoms with van der Waals surface area (Å²) in [6.07, 6.45) is 11.2. The van der Waals surface area contributed by atoms with Crippen molar-refractivity contribution in [2.75, 3.05) is 7.11 Å². The van der Waals surface area contributed by atoms with E-state index in [0.29, 0.717) is 30.0 Å². The molecule has 0 aromatic rings. The van der Waals surface area contributed by atoms with Crippen molar-refractivity contribution in [2.45, 2.75) is 91.1 Å². The second-order valence-corrected chi connectivity index (χ2v) is 8.81. The van der Waals surface area contributed by atoms with E-state index in [1.54, 1.807) is 0 Å². The minimum absolute atomic E-state index is 0.0376. The Labute approximate surface area is 169 Å². The number of methoxy groups -OCH3 is 1.